The molecule has 0 aromatic carbocycles. The van der Waals surface area contributed by atoms with Crippen molar-refractivity contribution < 1.29 is 149 Å². The van der Waals surface area contributed by atoms with Crippen LogP contribution in [0.25, 0.3) is 0 Å². The lowest BCUT2D eigenvalue weighted by atomic mass is 9.88. The summed E-state index contributed by atoms with van der Waals surface area (Å²) >= 11 is 0. The second-order valence-electron chi connectivity index (χ2n) is 29.3. The van der Waals surface area contributed by atoms with E-state index in [-0.39, 0.29) is 12.3 Å². The van der Waals surface area contributed by atoms with E-state index in [1.165, 1.54) is 109 Å². The molecule has 33 heteroatoms. The van der Waals surface area contributed by atoms with Crippen molar-refractivity contribution in [1.29, 1.82) is 0 Å². The van der Waals surface area contributed by atoms with Crippen LogP contribution in [0.5, 0.6) is 0 Å². The third kappa shape index (κ3) is 29.2. The van der Waals surface area contributed by atoms with Crippen molar-refractivity contribution in [1.82, 2.24) is 16.0 Å². The number of carbonyl (C=O) groups excluding carboxylic acids is 3. The Morgan fingerprint density at radius 3 is 1.44 bits per heavy atom. The topological polar surface area (TPSA) is 524 Å². The molecule has 5 fully saturated rings. The van der Waals surface area contributed by atoms with Gasteiger partial charge in [-0.1, -0.05) is 180 Å². The van der Waals surface area contributed by atoms with Crippen molar-refractivity contribution in [3.8, 4) is 0 Å². The van der Waals surface area contributed by atoms with E-state index in [0.29, 0.717) is 12.8 Å². The average molecular weight is 1530 g/mol. The first-order valence-corrected chi connectivity index (χ1v) is 39.1. The summed E-state index contributed by atoms with van der Waals surface area (Å²) in [6.07, 6.45) is -13.8. The summed E-state index contributed by atoms with van der Waals surface area (Å²) in [6, 6.07) is -4.54. The van der Waals surface area contributed by atoms with Crippen LogP contribution in [0.3, 0.4) is 0 Å². The van der Waals surface area contributed by atoms with Crippen molar-refractivity contribution in [3.63, 3.8) is 0 Å². The molecule has 5 heterocycles. The minimum Gasteiger partial charge on any atom is -0.394 e. The Hall–Kier alpha value is -2.93. The lowest BCUT2D eigenvalue weighted by molar-refractivity contribution is -0.411. The van der Waals surface area contributed by atoms with Crippen LogP contribution in [0.15, 0.2) is 12.2 Å². The molecule has 0 bridgehead atoms. The van der Waals surface area contributed by atoms with E-state index in [0.717, 1.165) is 65.2 Å². The number of ether oxygens (including phenoxy) is 10. The number of allylic oxidation sites excluding steroid dienone is 1. The minimum absolute atomic E-state index is 0.152. The standard InChI is InChI=1S/C73H133N3O30/c1-5-7-9-11-13-15-17-19-20-22-24-26-28-30-32-34-53(88)76-45(46(85)33-31-29-27-25-23-21-18-16-14-12-10-8-6-2)41-97-70-62(95)60(93)64(51(39-80)100-70)102-72-63(96)68(106-73(42-82)35-47(86)54(74-43(3)83)67(105-73)56(89)48(87)36-77)65(52(40-81)101-72)103-69-55(75-44(4)84)66(58(91)50(38-79)98-69)104-71-61(94)59(92)57(90)49(37-78)99-71/h31,33,45-52,54-72,77-82,85-87,89-96H,5-30,32,34-42H2,1-4H3,(H,74,83)(H,75,84)(H,76,88)/b33-31+/t45-,46+,47-,48+,49+,50+,51+,52+,54+,55+,56+,57-,58-,59-,60+,61+,62+,63+,64+,65-,66+,67+,68+,69-,70+,71-,72-,73-/m0/s1. The van der Waals surface area contributed by atoms with Crippen LogP contribution in [0.4, 0.5) is 0 Å². The summed E-state index contributed by atoms with van der Waals surface area (Å²) in [7, 11) is 0. The number of amides is 3. The molecule has 33 nitrogen and oxygen atoms in total. The Morgan fingerprint density at radius 1 is 0.481 bits per heavy atom. The third-order valence-corrected chi connectivity index (χ3v) is 20.6. The van der Waals surface area contributed by atoms with Crippen LogP contribution in [-0.4, -0.2) is 322 Å². The summed E-state index contributed by atoms with van der Waals surface area (Å²) in [5.74, 6) is -4.72. The molecule has 5 saturated heterocycles. The van der Waals surface area contributed by atoms with Crippen LogP contribution in [-0.2, 0) is 61.8 Å². The van der Waals surface area contributed by atoms with Gasteiger partial charge in [0.2, 0.25) is 17.7 Å². The molecule has 0 saturated carbocycles. The SMILES string of the molecule is CCCCCCCCCCCCC/C=C/[C@@H](O)[C@H](CO[C@@H]1O[C@H](CO)[C@@H](O[C@@H]2O[C@H](CO)[C@H](O[C@@H]3O[C@H](CO)[C@H](O)[C@H](O[C@@H]4O[C@H](CO)[C@H](O)[C@H](O)[C@H]4O)[C@H]3NC(C)=O)[C@H](O[C@]3(CO)C[C@H](O)[C@@H](NC(C)=O)[C@H]([C@H](O)[C@H](O)CO)O3)[C@H]2O)[C@H](O)[C@H]1O)NC(=O)CCCCCCCCCCCCCCCCC. The smallest absolute Gasteiger partial charge is 0.220 e. The van der Waals surface area contributed by atoms with Crippen LogP contribution in [0.2, 0.25) is 0 Å². The summed E-state index contributed by atoms with van der Waals surface area (Å²) in [5.41, 5.74) is 0. The Kier molecular flexibility index (Phi) is 44.4. The Bertz CT molecular complexity index is 2410. The molecule has 0 radical (unpaired) electrons. The van der Waals surface area contributed by atoms with Gasteiger partial charge in [0.15, 0.2) is 30.9 Å². The van der Waals surface area contributed by atoms with Gasteiger partial charge < -0.3 is 150 Å². The van der Waals surface area contributed by atoms with Gasteiger partial charge >= 0.3 is 0 Å². The number of rotatable bonds is 52. The van der Waals surface area contributed by atoms with E-state index >= 15 is 0 Å². The van der Waals surface area contributed by atoms with E-state index < -0.39 is 236 Å². The normalized spacial score (nSPS) is 34.9. The molecule has 620 valence electrons. The number of aliphatic hydroxyl groups excluding tert-OH is 17. The first kappa shape index (κ1) is 93.7. The molecule has 0 aromatic rings. The zero-order valence-electron chi connectivity index (χ0n) is 62.6. The van der Waals surface area contributed by atoms with Gasteiger partial charge in [-0.2, -0.15) is 0 Å². The van der Waals surface area contributed by atoms with Crippen molar-refractivity contribution in [2.75, 3.05) is 46.2 Å². The second-order valence-corrected chi connectivity index (χ2v) is 29.3. The first-order valence-electron chi connectivity index (χ1n) is 39.1. The molecular formula is C73H133N3O30. The third-order valence-electron chi connectivity index (χ3n) is 20.6. The summed E-state index contributed by atoms with van der Waals surface area (Å²) < 4.78 is 60.9. The highest BCUT2D eigenvalue weighted by Gasteiger charge is 2.60. The molecular weight excluding hydrogens is 1400 g/mol. The Balaban J connectivity index is 1.38. The van der Waals surface area contributed by atoms with Crippen molar-refractivity contribution in [2.45, 2.75) is 385 Å². The molecule has 0 spiro atoms. The summed E-state index contributed by atoms with van der Waals surface area (Å²) in [5, 5.41) is 197. The lowest BCUT2D eigenvalue weighted by Crippen LogP contribution is -2.72. The van der Waals surface area contributed by atoms with Gasteiger partial charge in [-0.05, 0) is 19.3 Å². The molecule has 20 N–H and O–H groups in total. The predicted octanol–water partition coefficient (Wildman–Crippen LogP) is -1.13. The molecule has 5 rings (SSSR count). The molecule has 5 aliphatic rings. The highest BCUT2D eigenvalue weighted by atomic mass is 16.8. The maximum atomic E-state index is 13.6. The molecule has 0 unspecified atom stereocenters. The van der Waals surface area contributed by atoms with E-state index in [4.69, 9.17) is 47.4 Å². The highest BCUT2D eigenvalue weighted by Crippen LogP contribution is 2.41. The van der Waals surface area contributed by atoms with E-state index in [1.807, 2.05) is 6.08 Å². The number of hydrogen-bond acceptors (Lipinski definition) is 30. The number of unbranched alkanes of at least 4 members (excludes halogenated alkanes) is 25. The highest BCUT2D eigenvalue weighted by molar-refractivity contribution is 5.76. The largest absolute Gasteiger partial charge is 0.394 e. The van der Waals surface area contributed by atoms with E-state index in [9.17, 15) is 101 Å². The van der Waals surface area contributed by atoms with Gasteiger partial charge in [0, 0.05) is 26.7 Å². The quantitative estimate of drug-likeness (QED) is 0.0253. The van der Waals surface area contributed by atoms with Gasteiger partial charge in [0.25, 0.3) is 0 Å². The second kappa shape index (κ2) is 50.2. The van der Waals surface area contributed by atoms with Crippen molar-refractivity contribution >= 4 is 17.7 Å². The monoisotopic (exact) mass is 1530 g/mol. The Labute approximate surface area is 623 Å². The summed E-state index contributed by atoms with van der Waals surface area (Å²) in [6.45, 7) is -0.569. The zero-order chi connectivity index (χ0) is 77.9. The number of aliphatic hydroxyl groups is 17. The molecule has 5 aliphatic heterocycles. The predicted molar refractivity (Wildman–Crippen MR) is 378 cm³/mol. The van der Waals surface area contributed by atoms with E-state index in [2.05, 4.69) is 29.8 Å². The van der Waals surface area contributed by atoms with Gasteiger partial charge in [-0.15, -0.1) is 0 Å². The number of nitrogens with one attached hydrogen (secondary N) is 3. The molecule has 106 heavy (non-hydrogen) atoms. The minimum atomic E-state index is -2.70. The molecule has 3 amide bonds. The van der Waals surface area contributed by atoms with Crippen LogP contribution in [0, 0.1) is 0 Å². The lowest BCUT2D eigenvalue weighted by Gasteiger charge is -2.53. The van der Waals surface area contributed by atoms with Gasteiger partial charge in [-0.25, -0.2) is 0 Å². The molecule has 0 aromatic heterocycles. The Morgan fingerprint density at radius 2 is 0.925 bits per heavy atom. The van der Waals surface area contributed by atoms with Gasteiger partial charge in [0.05, 0.1) is 70.5 Å². The van der Waals surface area contributed by atoms with Crippen LogP contribution < -0.4 is 16.0 Å². The summed E-state index contributed by atoms with van der Waals surface area (Å²) in [4.78, 5) is 39.2. The zero-order valence-corrected chi connectivity index (χ0v) is 62.6. The average Bonchev–Trinajstić information content (AvgIpc) is 0.752. The number of carbonyl (C=O) groups is 3. The number of hydrogen-bond donors (Lipinski definition) is 20. The van der Waals surface area contributed by atoms with Crippen LogP contribution in [0.1, 0.15) is 214 Å². The van der Waals surface area contributed by atoms with Gasteiger partial charge in [-0.3, -0.25) is 14.4 Å². The maximum absolute atomic E-state index is 13.6. The fraction of sp³-hybridized carbons (Fsp3) is 0.932. The first-order chi connectivity index (χ1) is 50.9. The molecule has 28 atom stereocenters. The fourth-order valence-electron chi connectivity index (χ4n) is 14.4. The van der Waals surface area contributed by atoms with Gasteiger partial charge in [0.1, 0.15) is 116 Å². The van der Waals surface area contributed by atoms with Crippen LogP contribution >= 0.6 is 0 Å². The molecule has 0 aliphatic carbocycles. The fourth-order valence-corrected chi connectivity index (χ4v) is 14.4. The van der Waals surface area contributed by atoms with Crippen molar-refractivity contribution in [2.24, 2.45) is 0 Å². The maximum Gasteiger partial charge on any atom is 0.220 e. The van der Waals surface area contributed by atoms with E-state index in [1.54, 1.807) is 6.08 Å². The van der Waals surface area contributed by atoms with Crippen molar-refractivity contribution in [3.05, 3.63) is 12.2 Å².